The van der Waals surface area contributed by atoms with Crippen LogP contribution in [0.1, 0.15) is 43.2 Å². The molecule has 3 rings (SSSR count). The molecule has 0 spiro atoms. The number of fused-ring (bicyclic) bond motifs is 1. The second-order valence-corrected chi connectivity index (χ2v) is 8.17. The molecule has 1 aliphatic rings. The van der Waals surface area contributed by atoms with Crippen LogP contribution in [0.15, 0.2) is 12.1 Å². The number of likely N-dealkylation sites (tertiary alicyclic amines) is 1. The number of piperidine rings is 1. The van der Waals surface area contributed by atoms with Crippen molar-refractivity contribution in [3.05, 3.63) is 23.4 Å². The van der Waals surface area contributed by atoms with Gasteiger partial charge in [0.05, 0.1) is 37.0 Å². The summed E-state index contributed by atoms with van der Waals surface area (Å²) >= 11 is 0. The number of nitrogens with zero attached hydrogens (tertiary/aromatic N) is 2. The predicted octanol–water partition coefficient (Wildman–Crippen LogP) is 2.91. The lowest BCUT2D eigenvalue weighted by Crippen LogP contribution is -2.48. The number of nitrogens with one attached hydrogen (secondary N) is 1. The van der Waals surface area contributed by atoms with Crippen molar-refractivity contribution in [3.63, 3.8) is 0 Å². The van der Waals surface area contributed by atoms with Gasteiger partial charge in [-0.25, -0.2) is 4.79 Å². The van der Waals surface area contributed by atoms with Gasteiger partial charge in [-0.05, 0) is 32.9 Å². The lowest BCUT2D eigenvalue weighted by molar-refractivity contribution is -0.129. The number of aryl methyl sites for hydroxylation is 1. The lowest BCUT2D eigenvalue weighted by Gasteiger charge is -2.35. The van der Waals surface area contributed by atoms with Gasteiger partial charge in [-0.2, -0.15) is 0 Å². The van der Waals surface area contributed by atoms with E-state index in [1.807, 2.05) is 43.4 Å². The van der Waals surface area contributed by atoms with E-state index in [2.05, 4.69) is 5.32 Å². The van der Waals surface area contributed by atoms with Crippen molar-refractivity contribution in [2.45, 2.75) is 40.2 Å². The smallest absolute Gasteiger partial charge is 0.340 e. The van der Waals surface area contributed by atoms with Crippen LogP contribution in [0.2, 0.25) is 0 Å². The summed E-state index contributed by atoms with van der Waals surface area (Å²) in [6.07, 6.45) is 0.443. The van der Waals surface area contributed by atoms with Crippen LogP contribution in [0, 0.1) is 12.8 Å². The zero-order chi connectivity index (χ0) is 22.9. The normalized spacial score (nSPS) is 19.5. The average molecular weight is 430 g/mol. The predicted molar refractivity (Wildman–Crippen MR) is 119 cm³/mol. The summed E-state index contributed by atoms with van der Waals surface area (Å²) in [6, 6.07) is 3.64. The van der Waals surface area contributed by atoms with E-state index < -0.39 is 5.97 Å². The van der Waals surface area contributed by atoms with Crippen LogP contribution in [0.3, 0.4) is 0 Å². The Labute approximate surface area is 182 Å². The molecule has 1 aromatic carbocycles. The minimum atomic E-state index is -0.439. The van der Waals surface area contributed by atoms with Crippen molar-refractivity contribution in [2.24, 2.45) is 13.0 Å². The molecule has 0 aliphatic carbocycles. The Balaban J connectivity index is 1.99. The summed E-state index contributed by atoms with van der Waals surface area (Å²) < 4.78 is 12.7. The number of amides is 1. The number of aromatic nitrogens is 1. The van der Waals surface area contributed by atoms with E-state index in [9.17, 15) is 14.4 Å². The van der Waals surface area contributed by atoms with E-state index in [0.29, 0.717) is 35.4 Å². The second kappa shape index (κ2) is 9.09. The van der Waals surface area contributed by atoms with Gasteiger partial charge in [0, 0.05) is 43.1 Å². The van der Waals surface area contributed by atoms with Crippen molar-refractivity contribution in [3.8, 4) is 5.75 Å². The number of Topliss-reactive ketones (excluding diaryl/α,β-unsaturated/α-hetero) is 1. The van der Waals surface area contributed by atoms with E-state index in [1.54, 1.807) is 13.0 Å². The average Bonchev–Trinajstić information content (AvgIpc) is 2.97. The highest BCUT2D eigenvalue weighted by atomic mass is 16.5. The molecule has 1 amide bonds. The van der Waals surface area contributed by atoms with Crippen LogP contribution in [-0.2, 0) is 21.4 Å². The molecule has 0 radical (unpaired) electrons. The molecule has 2 atom stereocenters. The van der Waals surface area contributed by atoms with Crippen LogP contribution >= 0.6 is 0 Å². The number of carbonyl (C=O) groups is 3. The standard InChI is InChI=1S/C23H31N3O5/c1-7-31-23(29)20-15(4)25(5)16-8-9-18(30-6)22(21(16)20)24-19(28)12-26-11-13(2)17(27)10-14(26)3/h8-9,13-14H,7,10-12H2,1-6H3,(H,24,28)/t13-,14+/m1/s1. The Morgan fingerprint density at radius 3 is 2.61 bits per heavy atom. The molecular weight excluding hydrogens is 398 g/mol. The summed E-state index contributed by atoms with van der Waals surface area (Å²) in [5.74, 6) is -0.0577. The van der Waals surface area contributed by atoms with Gasteiger partial charge in [-0.3, -0.25) is 14.5 Å². The van der Waals surface area contributed by atoms with Gasteiger partial charge < -0.3 is 19.4 Å². The van der Waals surface area contributed by atoms with Gasteiger partial charge in [-0.15, -0.1) is 0 Å². The minimum absolute atomic E-state index is 0.00111. The van der Waals surface area contributed by atoms with E-state index in [-0.39, 0.29) is 36.8 Å². The van der Waals surface area contributed by atoms with Crippen molar-refractivity contribution < 1.29 is 23.9 Å². The first-order chi connectivity index (χ1) is 14.7. The van der Waals surface area contributed by atoms with Crippen LogP contribution in [-0.4, -0.2) is 60.0 Å². The molecule has 31 heavy (non-hydrogen) atoms. The molecule has 1 N–H and O–H groups in total. The van der Waals surface area contributed by atoms with Crippen LogP contribution in [0.5, 0.6) is 5.75 Å². The molecule has 2 heterocycles. The summed E-state index contributed by atoms with van der Waals surface area (Å²) in [5.41, 5.74) is 2.40. The number of anilines is 1. The molecule has 2 aromatic rings. The number of benzene rings is 1. The van der Waals surface area contributed by atoms with Crippen LogP contribution in [0.4, 0.5) is 5.69 Å². The molecule has 0 saturated carbocycles. The summed E-state index contributed by atoms with van der Waals surface area (Å²) in [4.78, 5) is 39.7. The number of hydrogen-bond donors (Lipinski definition) is 1. The summed E-state index contributed by atoms with van der Waals surface area (Å²) in [6.45, 7) is 8.40. The zero-order valence-corrected chi connectivity index (χ0v) is 19.1. The van der Waals surface area contributed by atoms with Crippen molar-refractivity contribution >= 4 is 34.3 Å². The summed E-state index contributed by atoms with van der Waals surface area (Å²) in [7, 11) is 3.39. The number of hydrogen-bond acceptors (Lipinski definition) is 6. The quantitative estimate of drug-likeness (QED) is 0.710. The van der Waals surface area contributed by atoms with Gasteiger partial charge in [0.1, 0.15) is 11.5 Å². The number of rotatable bonds is 6. The minimum Gasteiger partial charge on any atom is -0.495 e. The number of esters is 1. The maximum Gasteiger partial charge on any atom is 0.340 e. The first-order valence-corrected chi connectivity index (χ1v) is 10.6. The number of carbonyl (C=O) groups excluding carboxylic acids is 3. The first kappa shape index (κ1) is 22.8. The van der Waals surface area contributed by atoms with E-state index >= 15 is 0 Å². The Morgan fingerprint density at radius 1 is 1.26 bits per heavy atom. The lowest BCUT2D eigenvalue weighted by atomic mass is 9.93. The fourth-order valence-electron chi connectivity index (χ4n) is 4.22. The molecule has 168 valence electrons. The topological polar surface area (TPSA) is 89.9 Å². The third-order valence-electron chi connectivity index (χ3n) is 6.11. The fourth-order valence-corrected chi connectivity index (χ4v) is 4.22. The Bertz CT molecular complexity index is 1030. The number of ether oxygens (including phenoxy) is 2. The highest BCUT2D eigenvalue weighted by Crippen LogP contribution is 2.38. The SMILES string of the molecule is CCOC(=O)c1c(C)n(C)c2ccc(OC)c(NC(=O)CN3C[C@@H](C)C(=O)C[C@@H]3C)c12. The Hall–Kier alpha value is -2.87. The zero-order valence-electron chi connectivity index (χ0n) is 19.1. The van der Waals surface area contributed by atoms with Crippen molar-refractivity contribution in [1.82, 2.24) is 9.47 Å². The third kappa shape index (κ3) is 4.30. The molecule has 0 bridgehead atoms. The van der Waals surface area contributed by atoms with Crippen molar-refractivity contribution in [1.29, 1.82) is 0 Å². The van der Waals surface area contributed by atoms with Gasteiger partial charge >= 0.3 is 5.97 Å². The molecule has 1 saturated heterocycles. The largest absolute Gasteiger partial charge is 0.495 e. The number of methoxy groups -OCH3 is 1. The molecular formula is C23H31N3O5. The first-order valence-electron chi connectivity index (χ1n) is 10.6. The maximum absolute atomic E-state index is 13.0. The highest BCUT2D eigenvalue weighted by Gasteiger charge is 2.31. The van der Waals surface area contributed by atoms with Gasteiger partial charge in [0.25, 0.3) is 0 Å². The van der Waals surface area contributed by atoms with Crippen molar-refractivity contribution in [2.75, 3.05) is 32.1 Å². The Kier molecular flexibility index (Phi) is 6.69. The monoisotopic (exact) mass is 429 g/mol. The highest BCUT2D eigenvalue weighted by molar-refractivity contribution is 6.14. The molecule has 8 nitrogen and oxygen atoms in total. The second-order valence-electron chi connectivity index (χ2n) is 8.17. The summed E-state index contributed by atoms with van der Waals surface area (Å²) in [5, 5.41) is 3.56. The van der Waals surface area contributed by atoms with Crippen LogP contribution < -0.4 is 10.1 Å². The molecule has 0 unspecified atom stereocenters. The van der Waals surface area contributed by atoms with Gasteiger partial charge in [0.15, 0.2) is 0 Å². The fraction of sp³-hybridized carbons (Fsp3) is 0.522. The Morgan fingerprint density at radius 2 is 1.97 bits per heavy atom. The molecule has 1 aliphatic heterocycles. The van der Waals surface area contributed by atoms with E-state index in [4.69, 9.17) is 9.47 Å². The van der Waals surface area contributed by atoms with Gasteiger partial charge in [0.2, 0.25) is 5.91 Å². The third-order valence-corrected chi connectivity index (χ3v) is 6.11. The number of ketones is 1. The van der Waals surface area contributed by atoms with Crippen LogP contribution in [0.25, 0.3) is 10.9 Å². The van der Waals surface area contributed by atoms with Gasteiger partial charge in [-0.1, -0.05) is 6.92 Å². The molecule has 1 aromatic heterocycles. The molecule has 8 heteroatoms. The maximum atomic E-state index is 13.0. The molecule has 1 fully saturated rings. The van der Waals surface area contributed by atoms with E-state index in [1.165, 1.54) is 7.11 Å². The van der Waals surface area contributed by atoms with E-state index in [0.717, 1.165) is 11.2 Å².